The van der Waals surface area contributed by atoms with Crippen molar-refractivity contribution in [3.05, 3.63) is 84.5 Å². The van der Waals surface area contributed by atoms with E-state index in [9.17, 15) is 13.2 Å². The highest BCUT2D eigenvalue weighted by Crippen LogP contribution is 2.45. The van der Waals surface area contributed by atoms with Crippen LogP contribution in [0.4, 0.5) is 11.4 Å². The molecule has 5 rings (SSSR count). The smallest absolute Gasteiger partial charge is 0.261 e. The van der Waals surface area contributed by atoms with Crippen molar-refractivity contribution in [3.8, 4) is 11.4 Å². The topological polar surface area (TPSA) is 153 Å². The average molecular weight is 519 g/mol. The molecule has 1 amide bonds. The van der Waals surface area contributed by atoms with Gasteiger partial charge < -0.3 is 15.6 Å². The van der Waals surface area contributed by atoms with E-state index in [1.54, 1.807) is 48.8 Å². The maximum atomic E-state index is 13.0. The van der Waals surface area contributed by atoms with Gasteiger partial charge in [0.15, 0.2) is 0 Å². The molecule has 4 aromatic rings. The molecule has 1 unspecified atom stereocenters. The number of rotatable bonds is 9. The highest BCUT2D eigenvalue weighted by Gasteiger charge is 2.44. The van der Waals surface area contributed by atoms with Crippen LogP contribution in [0, 0.1) is 5.41 Å². The van der Waals surface area contributed by atoms with Crippen LogP contribution in [-0.2, 0) is 21.2 Å². The molecule has 190 valence electrons. The number of carbonyl (C=O) groups is 1. The van der Waals surface area contributed by atoms with Crippen LogP contribution < -0.4 is 15.8 Å². The van der Waals surface area contributed by atoms with Gasteiger partial charge in [0.1, 0.15) is 0 Å². The van der Waals surface area contributed by atoms with Gasteiger partial charge in [-0.25, -0.2) is 8.42 Å². The molecule has 2 aromatic heterocycles. The second kappa shape index (κ2) is 9.75. The number of anilines is 2. The van der Waals surface area contributed by atoms with Gasteiger partial charge in [0.05, 0.1) is 10.9 Å². The van der Waals surface area contributed by atoms with Crippen LogP contribution in [0.15, 0.2) is 82.5 Å². The average Bonchev–Trinajstić information content (AvgIpc) is 3.45. The molecule has 0 radical (unpaired) electrons. The molecule has 1 atom stereocenters. The Morgan fingerprint density at radius 3 is 2.57 bits per heavy atom. The normalized spacial score (nSPS) is 15.1. The molecular formula is C26H26N6O4S. The second-order valence-corrected chi connectivity index (χ2v) is 11.0. The number of nitrogens with two attached hydrogens (primary N) is 1. The van der Waals surface area contributed by atoms with E-state index in [4.69, 9.17) is 10.3 Å². The third kappa shape index (κ3) is 5.68. The van der Waals surface area contributed by atoms with Gasteiger partial charge in [-0.1, -0.05) is 30.3 Å². The van der Waals surface area contributed by atoms with Crippen LogP contribution in [0.25, 0.3) is 11.4 Å². The van der Waals surface area contributed by atoms with Crippen LogP contribution in [-0.4, -0.2) is 29.4 Å². The number of sulfonamides is 1. The van der Waals surface area contributed by atoms with Crippen molar-refractivity contribution in [2.45, 2.75) is 37.1 Å². The summed E-state index contributed by atoms with van der Waals surface area (Å²) in [5.41, 5.74) is 8.29. The van der Waals surface area contributed by atoms with Crippen molar-refractivity contribution in [1.29, 1.82) is 0 Å². The van der Waals surface area contributed by atoms with Crippen molar-refractivity contribution in [3.63, 3.8) is 0 Å². The fourth-order valence-corrected chi connectivity index (χ4v) is 4.80. The predicted octanol–water partition coefficient (Wildman–Crippen LogP) is 3.91. The molecule has 0 saturated heterocycles. The van der Waals surface area contributed by atoms with Crippen molar-refractivity contribution in [2.75, 3.05) is 10.0 Å². The summed E-state index contributed by atoms with van der Waals surface area (Å²) in [6.07, 6.45) is 5.62. The maximum Gasteiger partial charge on any atom is 0.261 e. The van der Waals surface area contributed by atoms with E-state index in [1.807, 2.05) is 19.1 Å². The van der Waals surface area contributed by atoms with Crippen LogP contribution in [0.2, 0.25) is 0 Å². The first kappa shape index (κ1) is 24.6. The highest BCUT2D eigenvalue weighted by molar-refractivity contribution is 7.92. The lowest BCUT2D eigenvalue weighted by molar-refractivity contribution is -0.120. The molecule has 0 spiro atoms. The lowest BCUT2D eigenvalue weighted by Gasteiger charge is -2.12. The Morgan fingerprint density at radius 2 is 1.86 bits per heavy atom. The predicted molar refractivity (Wildman–Crippen MR) is 138 cm³/mol. The Hall–Kier alpha value is -4.09. The quantitative estimate of drug-likeness (QED) is 0.301. The molecule has 0 bridgehead atoms. The first-order valence-corrected chi connectivity index (χ1v) is 13.2. The summed E-state index contributed by atoms with van der Waals surface area (Å²) in [7, 11) is -3.90. The Labute approximate surface area is 214 Å². The van der Waals surface area contributed by atoms with Crippen molar-refractivity contribution >= 4 is 27.3 Å². The summed E-state index contributed by atoms with van der Waals surface area (Å²) >= 11 is 0. The van der Waals surface area contributed by atoms with Crippen LogP contribution in [0.3, 0.4) is 0 Å². The van der Waals surface area contributed by atoms with E-state index in [-0.39, 0.29) is 27.9 Å². The lowest BCUT2D eigenvalue weighted by atomic mass is 10.1. The van der Waals surface area contributed by atoms with Gasteiger partial charge in [-0.05, 0) is 67.3 Å². The zero-order valence-electron chi connectivity index (χ0n) is 20.1. The molecule has 1 aliphatic carbocycles. The van der Waals surface area contributed by atoms with Crippen molar-refractivity contribution in [2.24, 2.45) is 11.1 Å². The van der Waals surface area contributed by atoms with E-state index in [0.717, 1.165) is 18.4 Å². The number of pyridine rings is 1. The zero-order chi connectivity index (χ0) is 26.0. The van der Waals surface area contributed by atoms with Gasteiger partial charge in [-0.2, -0.15) is 4.98 Å². The summed E-state index contributed by atoms with van der Waals surface area (Å²) in [5, 5.41) is 6.84. The third-order valence-corrected chi connectivity index (χ3v) is 7.66. The minimum absolute atomic E-state index is 0.0275. The molecule has 11 heteroatoms. The molecule has 37 heavy (non-hydrogen) atoms. The SMILES string of the molecule is CC1(C(=O)Nc2ccc(NS(=O)(=O)c3cccc(-c4noc(C(N)Cc5cccnc5)n4)c3)cc2)CC1. The van der Waals surface area contributed by atoms with E-state index >= 15 is 0 Å². The van der Waals surface area contributed by atoms with Gasteiger partial charge in [0, 0.05) is 34.7 Å². The summed E-state index contributed by atoms with van der Waals surface area (Å²) in [6, 6.07) is 16.0. The van der Waals surface area contributed by atoms with Crippen LogP contribution >= 0.6 is 0 Å². The summed E-state index contributed by atoms with van der Waals surface area (Å²) < 4.78 is 34.0. The first-order chi connectivity index (χ1) is 17.7. The van der Waals surface area contributed by atoms with E-state index in [2.05, 4.69) is 25.2 Å². The van der Waals surface area contributed by atoms with Crippen molar-refractivity contribution in [1.82, 2.24) is 15.1 Å². The number of nitrogens with zero attached hydrogens (tertiary/aromatic N) is 3. The lowest BCUT2D eigenvalue weighted by Crippen LogP contribution is -2.21. The Balaban J connectivity index is 1.27. The number of hydrogen-bond acceptors (Lipinski definition) is 8. The molecule has 2 aromatic carbocycles. The van der Waals surface area contributed by atoms with E-state index in [0.29, 0.717) is 23.4 Å². The maximum absolute atomic E-state index is 13.0. The van der Waals surface area contributed by atoms with Gasteiger partial charge in [0.2, 0.25) is 17.6 Å². The molecule has 0 aliphatic heterocycles. The molecule has 1 saturated carbocycles. The van der Waals surface area contributed by atoms with E-state index in [1.165, 1.54) is 12.1 Å². The zero-order valence-corrected chi connectivity index (χ0v) is 20.9. The van der Waals surface area contributed by atoms with Gasteiger partial charge in [0.25, 0.3) is 10.0 Å². The van der Waals surface area contributed by atoms with Crippen LogP contribution in [0.5, 0.6) is 0 Å². The fraction of sp³-hybridized carbons (Fsp3) is 0.231. The number of carbonyl (C=O) groups excluding carboxylic acids is 1. The molecule has 4 N–H and O–H groups in total. The monoisotopic (exact) mass is 518 g/mol. The van der Waals surface area contributed by atoms with Gasteiger partial charge >= 0.3 is 0 Å². The minimum Gasteiger partial charge on any atom is -0.337 e. The highest BCUT2D eigenvalue weighted by atomic mass is 32.2. The molecule has 1 fully saturated rings. The van der Waals surface area contributed by atoms with Gasteiger partial charge in [-0.15, -0.1) is 0 Å². The number of hydrogen-bond donors (Lipinski definition) is 3. The van der Waals surface area contributed by atoms with E-state index < -0.39 is 16.1 Å². The second-order valence-electron chi connectivity index (χ2n) is 9.35. The Morgan fingerprint density at radius 1 is 1.11 bits per heavy atom. The largest absolute Gasteiger partial charge is 0.337 e. The minimum atomic E-state index is -3.90. The number of amides is 1. The summed E-state index contributed by atoms with van der Waals surface area (Å²) in [6.45, 7) is 1.92. The van der Waals surface area contributed by atoms with Crippen molar-refractivity contribution < 1.29 is 17.7 Å². The first-order valence-electron chi connectivity index (χ1n) is 11.7. The van der Waals surface area contributed by atoms with Gasteiger partial charge in [-0.3, -0.25) is 14.5 Å². The summed E-state index contributed by atoms with van der Waals surface area (Å²) in [4.78, 5) is 20.7. The molecule has 10 nitrogen and oxygen atoms in total. The number of aromatic nitrogens is 3. The fourth-order valence-electron chi connectivity index (χ4n) is 3.70. The molecular weight excluding hydrogens is 492 g/mol. The number of benzene rings is 2. The Bertz CT molecular complexity index is 1520. The third-order valence-electron chi connectivity index (χ3n) is 6.28. The Kier molecular flexibility index (Phi) is 6.48. The molecule has 2 heterocycles. The summed E-state index contributed by atoms with van der Waals surface area (Å²) in [5.74, 6) is 0.450. The standard InChI is InChI=1S/C26H26N6O4S/c1-26(11-12-26)25(33)29-19-7-9-20(10-8-19)32-37(34,35)21-6-2-5-18(15-21)23-30-24(36-31-23)22(27)14-17-4-3-13-28-16-17/h2-10,13,15-16,22,32H,11-12,14,27H2,1H3,(H,29,33). The molecule has 1 aliphatic rings. The number of nitrogens with one attached hydrogen (secondary N) is 2. The van der Waals surface area contributed by atoms with Crippen LogP contribution in [0.1, 0.15) is 37.3 Å².